The molecule has 9 heteroatoms. The highest BCUT2D eigenvalue weighted by molar-refractivity contribution is 7.89. The van der Waals surface area contributed by atoms with Crippen molar-refractivity contribution in [2.75, 3.05) is 26.2 Å². The zero-order valence-corrected chi connectivity index (χ0v) is 15.4. The zero-order valence-electron chi connectivity index (χ0n) is 14.6. The molecule has 1 aromatic carbocycles. The van der Waals surface area contributed by atoms with E-state index in [0.29, 0.717) is 31.7 Å². The number of hydrogen-bond donors (Lipinski definition) is 1. The quantitative estimate of drug-likeness (QED) is 0.726. The number of nitrogens with zero attached hydrogens (tertiary/aromatic N) is 3. The van der Waals surface area contributed by atoms with E-state index in [0.717, 1.165) is 12.0 Å². The van der Waals surface area contributed by atoms with Crippen LogP contribution in [-0.2, 0) is 21.4 Å². The van der Waals surface area contributed by atoms with Crippen molar-refractivity contribution >= 4 is 22.3 Å². The second kappa shape index (κ2) is 8.28. The van der Waals surface area contributed by atoms with Crippen LogP contribution in [0.4, 0.5) is 0 Å². The lowest BCUT2D eigenvalue weighted by Gasteiger charge is -2.32. The number of aromatic nitrogens is 1. The number of piperazine rings is 1. The monoisotopic (exact) mass is 388 g/mol. The number of amides is 2. The lowest BCUT2D eigenvalue weighted by Crippen LogP contribution is -2.48. The first kappa shape index (κ1) is 19.0. The maximum absolute atomic E-state index is 12.6. The molecule has 0 bridgehead atoms. The van der Waals surface area contributed by atoms with E-state index in [1.165, 1.54) is 12.1 Å². The second-order valence-electron chi connectivity index (χ2n) is 6.15. The molecule has 1 N–H and O–H groups in total. The Morgan fingerprint density at radius 3 is 2.59 bits per heavy atom. The molecule has 0 saturated carbocycles. The third-order valence-electron chi connectivity index (χ3n) is 4.33. The van der Waals surface area contributed by atoms with Gasteiger partial charge in [-0.2, -0.15) is 0 Å². The van der Waals surface area contributed by atoms with Crippen LogP contribution in [0.25, 0.3) is 0 Å². The molecule has 2 heterocycles. The van der Waals surface area contributed by atoms with Crippen molar-refractivity contribution in [3.8, 4) is 0 Å². The van der Waals surface area contributed by atoms with Crippen LogP contribution in [0.2, 0.25) is 0 Å². The molecule has 1 aromatic heterocycles. The highest BCUT2D eigenvalue weighted by atomic mass is 32.2. The number of hydrogen-bond acceptors (Lipinski definition) is 5. The Hall–Kier alpha value is -2.78. The molecule has 0 atom stereocenters. The number of benzene rings is 1. The minimum atomic E-state index is -3.76. The molecule has 2 aromatic rings. The summed E-state index contributed by atoms with van der Waals surface area (Å²) in [7, 11) is -3.76. The van der Waals surface area contributed by atoms with Gasteiger partial charge in [0.05, 0.1) is 4.90 Å². The fourth-order valence-electron chi connectivity index (χ4n) is 2.77. The number of carbonyl (C=O) groups is 2. The summed E-state index contributed by atoms with van der Waals surface area (Å²) in [6.07, 6.45) is 3.96. The van der Waals surface area contributed by atoms with Crippen molar-refractivity contribution in [1.29, 1.82) is 0 Å². The van der Waals surface area contributed by atoms with E-state index in [9.17, 15) is 18.0 Å². The van der Waals surface area contributed by atoms with Crippen molar-refractivity contribution in [2.45, 2.75) is 11.4 Å². The summed E-state index contributed by atoms with van der Waals surface area (Å²) in [6, 6.07) is 9.47. The number of rotatable bonds is 6. The van der Waals surface area contributed by atoms with E-state index in [2.05, 4.69) is 9.71 Å². The first-order valence-corrected chi connectivity index (χ1v) is 9.95. The van der Waals surface area contributed by atoms with Crippen LogP contribution in [-0.4, -0.2) is 61.7 Å². The number of pyridine rings is 1. The third kappa shape index (κ3) is 4.69. The van der Waals surface area contributed by atoms with Gasteiger partial charge in [0.25, 0.3) is 5.91 Å². The van der Waals surface area contributed by atoms with Gasteiger partial charge in [-0.05, 0) is 29.8 Å². The van der Waals surface area contributed by atoms with Crippen LogP contribution in [0.15, 0.2) is 53.7 Å². The fraction of sp³-hybridized carbons (Fsp3) is 0.278. The molecule has 0 aliphatic carbocycles. The van der Waals surface area contributed by atoms with Crippen LogP contribution in [0.1, 0.15) is 15.9 Å². The Kier molecular flexibility index (Phi) is 5.82. The molecule has 1 aliphatic heterocycles. The molecule has 27 heavy (non-hydrogen) atoms. The average Bonchev–Trinajstić information content (AvgIpc) is 2.73. The Morgan fingerprint density at radius 2 is 1.93 bits per heavy atom. The lowest BCUT2D eigenvalue weighted by molar-refractivity contribution is -0.119. The third-order valence-corrected chi connectivity index (χ3v) is 5.73. The van der Waals surface area contributed by atoms with E-state index in [4.69, 9.17) is 0 Å². The van der Waals surface area contributed by atoms with Gasteiger partial charge in [-0.3, -0.25) is 14.6 Å². The normalized spacial score (nSPS) is 14.8. The van der Waals surface area contributed by atoms with Gasteiger partial charge in [-0.1, -0.05) is 12.1 Å². The molecule has 1 aliphatic rings. The summed E-state index contributed by atoms with van der Waals surface area (Å²) < 4.78 is 27.6. The standard InChI is InChI=1S/C18H20N4O4S/c23-14-21-7-9-22(10-8-21)18(24)16-4-1-5-17(11-16)27(25,26)20-13-15-3-2-6-19-12-15/h1-6,11-12,14,20H,7-10,13H2. The summed E-state index contributed by atoms with van der Waals surface area (Å²) in [5.41, 5.74) is 1.04. The Morgan fingerprint density at radius 1 is 1.15 bits per heavy atom. The predicted octanol–water partition coefficient (Wildman–Crippen LogP) is 0.474. The van der Waals surface area contributed by atoms with Crippen molar-refractivity contribution in [3.05, 3.63) is 59.9 Å². The molecule has 1 saturated heterocycles. The molecule has 0 unspecified atom stereocenters. The molecule has 142 valence electrons. The minimum absolute atomic E-state index is 0.0313. The summed E-state index contributed by atoms with van der Waals surface area (Å²) in [5, 5.41) is 0. The van der Waals surface area contributed by atoms with Crippen LogP contribution >= 0.6 is 0 Å². The molecule has 3 rings (SSSR count). The molecule has 0 spiro atoms. The van der Waals surface area contributed by atoms with Gasteiger partial charge in [0.2, 0.25) is 16.4 Å². The summed E-state index contributed by atoms with van der Waals surface area (Å²) in [5.74, 6) is -0.246. The first-order chi connectivity index (χ1) is 13.0. The van der Waals surface area contributed by atoms with Gasteiger partial charge in [0.1, 0.15) is 0 Å². The van der Waals surface area contributed by atoms with Crippen molar-refractivity contribution in [3.63, 3.8) is 0 Å². The Labute approximate surface area is 157 Å². The van der Waals surface area contributed by atoms with E-state index in [-0.39, 0.29) is 17.3 Å². The molecular weight excluding hydrogens is 368 g/mol. The van der Waals surface area contributed by atoms with Gasteiger partial charge in [-0.15, -0.1) is 0 Å². The topological polar surface area (TPSA) is 99.7 Å². The van der Waals surface area contributed by atoms with E-state index in [1.54, 1.807) is 46.5 Å². The van der Waals surface area contributed by atoms with Gasteiger partial charge < -0.3 is 9.80 Å². The van der Waals surface area contributed by atoms with Crippen molar-refractivity contribution in [1.82, 2.24) is 19.5 Å². The van der Waals surface area contributed by atoms with Gasteiger partial charge in [0, 0.05) is 50.7 Å². The summed E-state index contributed by atoms with van der Waals surface area (Å²) in [4.78, 5) is 30.6. The smallest absolute Gasteiger partial charge is 0.254 e. The minimum Gasteiger partial charge on any atom is -0.342 e. The average molecular weight is 388 g/mol. The number of sulfonamides is 1. The number of nitrogens with one attached hydrogen (secondary N) is 1. The second-order valence-corrected chi connectivity index (χ2v) is 7.91. The molecule has 0 radical (unpaired) electrons. The maximum Gasteiger partial charge on any atom is 0.254 e. The largest absolute Gasteiger partial charge is 0.342 e. The molecule has 1 fully saturated rings. The van der Waals surface area contributed by atoms with Gasteiger partial charge >= 0.3 is 0 Å². The van der Waals surface area contributed by atoms with Crippen LogP contribution in [0.5, 0.6) is 0 Å². The van der Waals surface area contributed by atoms with Gasteiger partial charge in [-0.25, -0.2) is 13.1 Å². The Balaban J connectivity index is 1.70. The highest BCUT2D eigenvalue weighted by Gasteiger charge is 2.23. The fourth-order valence-corrected chi connectivity index (χ4v) is 3.84. The first-order valence-electron chi connectivity index (χ1n) is 8.47. The summed E-state index contributed by atoms with van der Waals surface area (Å²) >= 11 is 0. The molecule has 8 nitrogen and oxygen atoms in total. The van der Waals surface area contributed by atoms with E-state index >= 15 is 0 Å². The van der Waals surface area contributed by atoms with Crippen molar-refractivity contribution in [2.24, 2.45) is 0 Å². The maximum atomic E-state index is 12.6. The van der Waals surface area contributed by atoms with Gasteiger partial charge in [0.15, 0.2) is 0 Å². The highest BCUT2D eigenvalue weighted by Crippen LogP contribution is 2.15. The number of carbonyl (C=O) groups excluding carboxylic acids is 2. The van der Waals surface area contributed by atoms with Crippen molar-refractivity contribution < 1.29 is 18.0 Å². The van der Waals surface area contributed by atoms with Crippen LogP contribution in [0, 0.1) is 0 Å². The molecular formula is C18H20N4O4S. The van der Waals surface area contributed by atoms with Crippen LogP contribution < -0.4 is 4.72 Å². The predicted molar refractivity (Wildman–Crippen MR) is 98.2 cm³/mol. The summed E-state index contributed by atoms with van der Waals surface area (Å²) in [6.45, 7) is 1.91. The van der Waals surface area contributed by atoms with E-state index < -0.39 is 10.0 Å². The lowest BCUT2D eigenvalue weighted by atomic mass is 10.2. The Bertz CT molecular complexity index is 910. The van der Waals surface area contributed by atoms with E-state index in [1.807, 2.05) is 0 Å². The molecule has 2 amide bonds. The van der Waals surface area contributed by atoms with Crippen LogP contribution in [0.3, 0.4) is 0 Å². The zero-order chi connectivity index (χ0) is 19.3. The SMILES string of the molecule is O=CN1CCN(C(=O)c2cccc(S(=O)(=O)NCc3cccnc3)c2)CC1.